The topological polar surface area (TPSA) is 48.9 Å². The monoisotopic (exact) mass is 546 g/mol. The Morgan fingerprint density at radius 1 is 1.07 bits per heavy atom. The predicted octanol–water partition coefficient (Wildman–Crippen LogP) is 4.26. The molecule has 2 N–H and O–H groups in total. The molecule has 1 aromatic rings. The molecule has 7 heteroatoms. The number of halogens is 1. The highest BCUT2D eigenvalue weighted by atomic mass is 127. The van der Waals surface area contributed by atoms with Crippen LogP contribution in [0.4, 0.5) is 0 Å². The zero-order chi connectivity index (χ0) is 20.4. The maximum atomic E-state index is 5.58. The molecule has 2 aliphatic rings. The number of piperidine rings is 1. The van der Waals surface area contributed by atoms with Crippen molar-refractivity contribution in [2.24, 2.45) is 4.99 Å². The lowest BCUT2D eigenvalue weighted by Gasteiger charge is -2.37. The van der Waals surface area contributed by atoms with Crippen LogP contribution in [0.1, 0.15) is 50.2 Å². The minimum Gasteiger partial charge on any atom is -0.381 e. The third-order valence-electron chi connectivity index (χ3n) is 5.99. The van der Waals surface area contributed by atoms with Crippen molar-refractivity contribution in [2.45, 2.75) is 56.9 Å². The molecular weight excluding hydrogens is 507 g/mol. The molecule has 2 aliphatic heterocycles. The van der Waals surface area contributed by atoms with Gasteiger partial charge in [-0.15, -0.1) is 24.0 Å². The number of ether oxygens (including phenoxy) is 1. The smallest absolute Gasteiger partial charge is 0.191 e. The van der Waals surface area contributed by atoms with Gasteiger partial charge in [0.2, 0.25) is 0 Å². The second-order valence-electron chi connectivity index (χ2n) is 8.16. The summed E-state index contributed by atoms with van der Waals surface area (Å²) < 4.78 is 5.84. The average Bonchev–Trinajstić information content (AvgIpc) is 2.76. The first kappa shape index (κ1) is 25.7. The van der Waals surface area contributed by atoms with Gasteiger partial charge < -0.3 is 15.4 Å². The Labute approximate surface area is 204 Å². The molecule has 0 atom stereocenters. The zero-order valence-electron chi connectivity index (χ0n) is 18.6. The highest BCUT2D eigenvalue weighted by Crippen LogP contribution is 2.34. The summed E-state index contributed by atoms with van der Waals surface area (Å²) in [7, 11) is 1.85. The lowest BCUT2D eigenvalue weighted by molar-refractivity contribution is 0.0782. The number of aliphatic imine (C=N–C) groups is 1. The molecule has 0 radical (unpaired) electrons. The minimum absolute atomic E-state index is 0. The Morgan fingerprint density at radius 3 is 2.37 bits per heavy atom. The third kappa shape index (κ3) is 8.20. The molecule has 0 saturated carbocycles. The molecule has 0 amide bonds. The summed E-state index contributed by atoms with van der Waals surface area (Å²) in [5.41, 5.74) is 2.70. The summed E-state index contributed by atoms with van der Waals surface area (Å²) in [5.74, 6) is 2.02. The van der Waals surface area contributed by atoms with E-state index in [1.54, 1.807) is 0 Å². The van der Waals surface area contributed by atoms with Gasteiger partial charge in [0.25, 0.3) is 0 Å². The van der Waals surface area contributed by atoms with Crippen molar-refractivity contribution in [3.05, 3.63) is 35.4 Å². The normalized spacial score (nSPS) is 19.7. The van der Waals surface area contributed by atoms with Crippen molar-refractivity contribution < 1.29 is 4.74 Å². The van der Waals surface area contributed by atoms with Crippen LogP contribution in [0.25, 0.3) is 0 Å². The molecule has 2 saturated heterocycles. The van der Waals surface area contributed by atoms with Gasteiger partial charge in [-0.3, -0.25) is 9.89 Å². The minimum atomic E-state index is 0. The van der Waals surface area contributed by atoms with Crippen LogP contribution in [0.3, 0.4) is 0 Å². The van der Waals surface area contributed by atoms with Crippen molar-refractivity contribution in [2.75, 3.05) is 45.6 Å². The number of likely N-dealkylation sites (tertiary alicyclic amines) is 1. The van der Waals surface area contributed by atoms with Gasteiger partial charge >= 0.3 is 0 Å². The number of benzene rings is 1. The Hall–Kier alpha value is -0.510. The molecule has 3 rings (SSSR count). The number of hydrogen-bond acceptors (Lipinski definition) is 4. The summed E-state index contributed by atoms with van der Waals surface area (Å²) in [6.45, 7) is 9.27. The van der Waals surface area contributed by atoms with Crippen LogP contribution in [0.15, 0.2) is 29.3 Å². The molecule has 170 valence electrons. The second kappa shape index (κ2) is 13.8. The fourth-order valence-electron chi connectivity index (χ4n) is 4.21. The summed E-state index contributed by atoms with van der Waals surface area (Å²) in [6.07, 6.45) is 6.29. The van der Waals surface area contributed by atoms with Crippen LogP contribution in [-0.4, -0.2) is 61.3 Å². The van der Waals surface area contributed by atoms with E-state index >= 15 is 0 Å². The number of nitrogens with one attached hydrogen (secondary N) is 2. The van der Waals surface area contributed by atoms with E-state index < -0.39 is 0 Å². The highest BCUT2D eigenvalue weighted by molar-refractivity contribution is 14.0. The van der Waals surface area contributed by atoms with Gasteiger partial charge in [-0.1, -0.05) is 37.6 Å². The largest absolute Gasteiger partial charge is 0.381 e. The lowest BCUT2D eigenvalue weighted by Crippen LogP contribution is -2.48. The van der Waals surface area contributed by atoms with Gasteiger partial charge in [0.05, 0.1) is 0 Å². The number of hydrogen-bond donors (Lipinski definition) is 2. The van der Waals surface area contributed by atoms with E-state index in [-0.39, 0.29) is 28.7 Å². The first-order valence-corrected chi connectivity index (χ1v) is 12.2. The third-order valence-corrected chi connectivity index (χ3v) is 7.45. The van der Waals surface area contributed by atoms with E-state index in [9.17, 15) is 0 Å². The second-order valence-corrected chi connectivity index (χ2v) is 9.89. The highest BCUT2D eigenvalue weighted by Gasteiger charge is 2.32. The van der Waals surface area contributed by atoms with Gasteiger partial charge in [0.15, 0.2) is 5.96 Å². The molecule has 2 heterocycles. The van der Waals surface area contributed by atoms with Crippen molar-refractivity contribution in [1.82, 2.24) is 15.5 Å². The SMILES string of the molecule is CCSC1(CNC(=NC)NCc2ccc(CN3CCCCC3)cc2)CCOCC1.I. The summed E-state index contributed by atoms with van der Waals surface area (Å²) >= 11 is 2.05. The number of rotatable bonds is 8. The molecule has 30 heavy (non-hydrogen) atoms. The van der Waals surface area contributed by atoms with E-state index in [0.29, 0.717) is 0 Å². The molecule has 0 aromatic heterocycles. The fourth-order valence-corrected chi connectivity index (χ4v) is 5.45. The maximum absolute atomic E-state index is 5.58. The number of guanidine groups is 1. The van der Waals surface area contributed by atoms with Crippen molar-refractivity contribution >= 4 is 41.7 Å². The van der Waals surface area contributed by atoms with Gasteiger partial charge in [0, 0.05) is 44.6 Å². The molecule has 0 bridgehead atoms. The Morgan fingerprint density at radius 2 is 1.73 bits per heavy atom. The molecule has 0 unspecified atom stereocenters. The van der Waals surface area contributed by atoms with E-state index in [2.05, 4.69) is 63.5 Å². The Balaban J connectivity index is 0.00000320. The van der Waals surface area contributed by atoms with Crippen LogP contribution in [0.5, 0.6) is 0 Å². The van der Waals surface area contributed by atoms with Crippen molar-refractivity contribution in [3.63, 3.8) is 0 Å². The van der Waals surface area contributed by atoms with Crippen LogP contribution in [0.2, 0.25) is 0 Å². The molecule has 0 spiro atoms. The number of thioether (sulfide) groups is 1. The average molecular weight is 547 g/mol. The molecule has 0 aliphatic carbocycles. The summed E-state index contributed by atoms with van der Waals surface area (Å²) in [4.78, 5) is 6.99. The maximum Gasteiger partial charge on any atom is 0.191 e. The fraction of sp³-hybridized carbons (Fsp3) is 0.696. The lowest BCUT2D eigenvalue weighted by atomic mass is 9.99. The molecule has 2 fully saturated rings. The van der Waals surface area contributed by atoms with E-state index in [4.69, 9.17) is 4.74 Å². The standard InChI is InChI=1S/C23H38N4OS.HI/c1-3-29-23(11-15-28-16-12-23)19-26-22(24-2)25-17-20-7-9-21(10-8-20)18-27-13-5-4-6-14-27;/h7-10H,3-6,11-19H2,1-2H3,(H2,24,25,26);1H. The van der Waals surface area contributed by atoms with E-state index in [0.717, 1.165) is 57.4 Å². The Bertz CT molecular complexity index is 623. The van der Waals surface area contributed by atoms with E-state index in [1.807, 2.05) is 7.05 Å². The van der Waals surface area contributed by atoms with Crippen LogP contribution < -0.4 is 10.6 Å². The van der Waals surface area contributed by atoms with Gasteiger partial charge in [-0.25, -0.2) is 0 Å². The number of nitrogens with zero attached hydrogens (tertiary/aromatic N) is 2. The quantitative estimate of drug-likeness (QED) is 0.290. The first-order valence-electron chi connectivity index (χ1n) is 11.2. The molecule has 1 aromatic carbocycles. The van der Waals surface area contributed by atoms with Gasteiger partial charge in [-0.05, 0) is 55.7 Å². The Kier molecular flexibility index (Phi) is 11.8. The van der Waals surface area contributed by atoms with Gasteiger partial charge in [-0.2, -0.15) is 11.8 Å². The summed E-state index contributed by atoms with van der Waals surface area (Å²) in [6, 6.07) is 9.03. The molecule has 5 nitrogen and oxygen atoms in total. The first-order chi connectivity index (χ1) is 14.2. The molecular formula is C23H39IN4OS. The van der Waals surface area contributed by atoms with Crippen molar-refractivity contribution in [3.8, 4) is 0 Å². The summed E-state index contributed by atoms with van der Waals surface area (Å²) in [5, 5.41) is 7.03. The van der Waals surface area contributed by atoms with Crippen LogP contribution in [0, 0.1) is 0 Å². The predicted molar refractivity (Wildman–Crippen MR) is 140 cm³/mol. The zero-order valence-corrected chi connectivity index (χ0v) is 21.8. The van der Waals surface area contributed by atoms with Gasteiger partial charge in [0.1, 0.15) is 0 Å². The van der Waals surface area contributed by atoms with Crippen molar-refractivity contribution in [1.29, 1.82) is 0 Å². The van der Waals surface area contributed by atoms with Crippen LogP contribution in [-0.2, 0) is 17.8 Å². The van der Waals surface area contributed by atoms with Crippen LogP contribution >= 0.6 is 35.7 Å². The van der Waals surface area contributed by atoms with E-state index in [1.165, 1.54) is 43.5 Å².